The highest BCUT2D eigenvalue weighted by Crippen LogP contribution is 2.36. The number of piperidine rings is 1. The second kappa shape index (κ2) is 10.5. The van der Waals surface area contributed by atoms with Crippen LogP contribution >= 0.6 is 11.3 Å². The Morgan fingerprint density at radius 2 is 1.92 bits per heavy atom. The van der Waals surface area contributed by atoms with Crippen LogP contribution in [0, 0.1) is 6.92 Å². The zero-order valence-corrected chi connectivity index (χ0v) is 22.2. The number of alkyl halides is 3. The fraction of sp³-hybridized carbons (Fsp3) is 0.481. The van der Waals surface area contributed by atoms with Crippen LogP contribution in [0.4, 0.5) is 13.2 Å². The molecule has 11 heteroatoms. The number of aromatic nitrogens is 3. The van der Waals surface area contributed by atoms with Crippen LogP contribution in [-0.2, 0) is 23.8 Å². The lowest BCUT2D eigenvalue weighted by Gasteiger charge is -2.33. The molecule has 0 saturated carbocycles. The first-order chi connectivity index (χ1) is 18.1. The molecule has 1 saturated heterocycles. The van der Waals surface area contributed by atoms with Gasteiger partial charge in [0, 0.05) is 42.7 Å². The third kappa shape index (κ3) is 5.21. The minimum Gasteiger partial charge on any atom is -0.342 e. The van der Waals surface area contributed by atoms with Crippen LogP contribution in [0.25, 0.3) is 0 Å². The number of amides is 2. The molecule has 7 nitrogen and oxygen atoms in total. The van der Waals surface area contributed by atoms with E-state index in [2.05, 4.69) is 27.3 Å². The van der Waals surface area contributed by atoms with Crippen molar-refractivity contribution in [3.05, 3.63) is 68.4 Å². The summed E-state index contributed by atoms with van der Waals surface area (Å²) in [6, 6.07) is 8.31. The van der Waals surface area contributed by atoms with Crippen LogP contribution in [0.2, 0.25) is 0 Å². The third-order valence-electron chi connectivity index (χ3n) is 7.73. The van der Waals surface area contributed by atoms with Crippen molar-refractivity contribution < 1.29 is 22.8 Å². The number of nitrogens with one attached hydrogen (secondary N) is 1. The zero-order chi connectivity index (χ0) is 27.0. The van der Waals surface area contributed by atoms with Crippen LogP contribution in [-0.4, -0.2) is 56.9 Å². The number of carbonyl (C=O) groups is 2. The van der Waals surface area contributed by atoms with E-state index in [0.29, 0.717) is 31.6 Å². The van der Waals surface area contributed by atoms with Crippen molar-refractivity contribution >= 4 is 23.2 Å². The van der Waals surface area contributed by atoms with Gasteiger partial charge in [0.05, 0.1) is 17.5 Å². The van der Waals surface area contributed by atoms with Gasteiger partial charge < -0.3 is 9.80 Å². The highest BCUT2D eigenvalue weighted by molar-refractivity contribution is 7.09. The summed E-state index contributed by atoms with van der Waals surface area (Å²) < 4.78 is 39.7. The lowest BCUT2D eigenvalue weighted by Crippen LogP contribution is -2.39. The summed E-state index contributed by atoms with van der Waals surface area (Å²) in [7, 11) is 1.84. The summed E-state index contributed by atoms with van der Waals surface area (Å²) in [6.45, 7) is 2.36. The molecule has 2 amide bonds. The molecule has 0 unspecified atom stereocenters. The van der Waals surface area contributed by atoms with Crippen molar-refractivity contribution in [3.63, 3.8) is 0 Å². The molecular weight excluding hydrogens is 515 g/mol. The zero-order valence-electron chi connectivity index (χ0n) is 21.3. The third-order valence-corrected chi connectivity index (χ3v) is 8.74. The number of hydrogen-bond acceptors (Lipinski definition) is 5. The van der Waals surface area contributed by atoms with Crippen LogP contribution in [0.15, 0.2) is 29.6 Å². The van der Waals surface area contributed by atoms with E-state index in [-0.39, 0.29) is 41.5 Å². The highest BCUT2D eigenvalue weighted by atomic mass is 32.1. The van der Waals surface area contributed by atoms with Crippen LogP contribution < -0.4 is 0 Å². The quantitative estimate of drug-likeness (QED) is 0.472. The highest BCUT2D eigenvalue weighted by Gasteiger charge is 2.38. The van der Waals surface area contributed by atoms with Gasteiger partial charge in [-0.25, -0.2) is 4.98 Å². The first-order valence-corrected chi connectivity index (χ1v) is 13.7. The predicted octanol–water partition coefficient (Wildman–Crippen LogP) is 5.29. The number of hydrogen-bond donors (Lipinski definition) is 1. The van der Waals surface area contributed by atoms with Gasteiger partial charge in [-0.1, -0.05) is 24.3 Å². The first kappa shape index (κ1) is 26.4. The van der Waals surface area contributed by atoms with Gasteiger partial charge in [0.1, 0.15) is 5.69 Å². The Morgan fingerprint density at radius 1 is 1.18 bits per heavy atom. The Labute approximate surface area is 223 Å². The Bertz CT molecular complexity index is 1330. The smallest absolute Gasteiger partial charge is 0.342 e. The van der Waals surface area contributed by atoms with Crippen molar-refractivity contribution in [1.29, 1.82) is 0 Å². The van der Waals surface area contributed by atoms with E-state index in [9.17, 15) is 22.8 Å². The number of aryl methyl sites for hydroxylation is 2. The van der Waals surface area contributed by atoms with E-state index in [1.165, 1.54) is 29.4 Å². The number of H-pyrrole nitrogens is 1. The molecule has 1 aliphatic carbocycles. The lowest BCUT2D eigenvalue weighted by molar-refractivity contribution is -0.142. The minimum absolute atomic E-state index is 0.0311. The van der Waals surface area contributed by atoms with Gasteiger partial charge in [0.25, 0.3) is 5.91 Å². The number of halogens is 3. The number of carbonyl (C=O) groups excluding carboxylic acids is 2. The van der Waals surface area contributed by atoms with Gasteiger partial charge in [-0.2, -0.15) is 18.3 Å². The van der Waals surface area contributed by atoms with Crippen molar-refractivity contribution in [2.45, 2.75) is 63.6 Å². The van der Waals surface area contributed by atoms with Gasteiger partial charge >= 0.3 is 6.18 Å². The van der Waals surface area contributed by atoms with E-state index >= 15 is 0 Å². The van der Waals surface area contributed by atoms with Crippen LogP contribution in [0.5, 0.6) is 0 Å². The molecule has 5 rings (SSSR count). The Hall–Kier alpha value is -3.21. The molecule has 0 bridgehead atoms. The standard InChI is InChI=1S/C27H30F3N5O2S/c1-16-20(24(33-32-16)27(28,29)30)14-23(36)35-12-10-18(11-13-35)25-31-21(15-38-25)26(37)34(2)22-9-5-7-17-6-3-4-8-19(17)22/h3-4,6,8,15,18,22H,5,7,9-14H2,1-2H3,(H,32,33)/t22-/m1/s1. The number of benzene rings is 1. The number of nitrogens with zero attached hydrogens (tertiary/aromatic N) is 4. The number of fused-ring (bicyclic) bond motifs is 1. The van der Waals surface area contributed by atoms with E-state index in [1.807, 2.05) is 19.2 Å². The molecule has 1 fully saturated rings. The maximum atomic E-state index is 13.3. The number of rotatable bonds is 5. The largest absolute Gasteiger partial charge is 0.435 e. The maximum absolute atomic E-state index is 13.3. The van der Waals surface area contributed by atoms with Gasteiger partial charge in [0.2, 0.25) is 5.91 Å². The van der Waals surface area contributed by atoms with Crippen molar-refractivity contribution in [3.8, 4) is 0 Å². The molecule has 1 aromatic carbocycles. The monoisotopic (exact) mass is 545 g/mol. The normalized spacial score (nSPS) is 18.3. The Kier molecular flexibility index (Phi) is 7.30. The summed E-state index contributed by atoms with van der Waals surface area (Å²) >= 11 is 1.45. The summed E-state index contributed by atoms with van der Waals surface area (Å²) in [5.41, 5.74) is 2.06. The molecule has 0 radical (unpaired) electrons. The minimum atomic E-state index is -4.61. The topological polar surface area (TPSA) is 82.2 Å². The molecule has 3 heterocycles. The maximum Gasteiger partial charge on any atom is 0.435 e. The fourth-order valence-corrected chi connectivity index (χ4v) is 6.53. The number of aromatic amines is 1. The molecule has 2 aromatic heterocycles. The molecule has 38 heavy (non-hydrogen) atoms. The molecule has 1 N–H and O–H groups in total. The van der Waals surface area contributed by atoms with Gasteiger partial charge in [-0.05, 0) is 50.2 Å². The first-order valence-electron chi connectivity index (χ1n) is 12.8. The second-order valence-electron chi connectivity index (χ2n) is 10.1. The summed E-state index contributed by atoms with van der Waals surface area (Å²) in [6.07, 6.45) is -0.662. The van der Waals surface area contributed by atoms with Gasteiger partial charge in [0.15, 0.2) is 5.69 Å². The number of likely N-dealkylation sites (tertiary alicyclic amines) is 1. The second-order valence-corrected chi connectivity index (χ2v) is 11.0. The molecule has 1 atom stereocenters. The average molecular weight is 546 g/mol. The van der Waals surface area contributed by atoms with Crippen LogP contribution in [0.3, 0.4) is 0 Å². The fourth-order valence-electron chi connectivity index (χ4n) is 5.57. The van der Waals surface area contributed by atoms with Crippen molar-refractivity contribution in [1.82, 2.24) is 25.0 Å². The summed E-state index contributed by atoms with van der Waals surface area (Å²) in [5.74, 6) is -0.340. The van der Waals surface area contributed by atoms with E-state index in [1.54, 1.807) is 15.2 Å². The number of thiazole rings is 1. The average Bonchev–Trinajstić information content (AvgIpc) is 3.55. The Balaban J connectivity index is 1.20. The summed E-state index contributed by atoms with van der Waals surface area (Å²) in [4.78, 5) is 34.2. The SMILES string of the molecule is Cc1[nH]nc(C(F)(F)F)c1CC(=O)N1CCC(c2nc(C(=O)N(C)[C@@H]3CCCc4ccccc43)cs2)CC1. The lowest BCUT2D eigenvalue weighted by atomic mass is 9.87. The van der Waals surface area contributed by atoms with Gasteiger partial charge in [-0.15, -0.1) is 11.3 Å². The Morgan fingerprint density at radius 3 is 2.66 bits per heavy atom. The predicted molar refractivity (Wildman–Crippen MR) is 137 cm³/mol. The van der Waals surface area contributed by atoms with Crippen molar-refractivity contribution in [2.24, 2.45) is 0 Å². The van der Waals surface area contributed by atoms with E-state index in [0.717, 1.165) is 24.3 Å². The molecule has 2 aliphatic rings. The van der Waals surface area contributed by atoms with E-state index in [4.69, 9.17) is 0 Å². The van der Waals surface area contributed by atoms with Crippen LogP contribution in [0.1, 0.15) is 81.2 Å². The molecule has 3 aromatic rings. The van der Waals surface area contributed by atoms with Crippen molar-refractivity contribution in [2.75, 3.05) is 20.1 Å². The molecular formula is C27H30F3N5O2S. The molecule has 1 aliphatic heterocycles. The molecule has 202 valence electrons. The van der Waals surface area contributed by atoms with Gasteiger partial charge in [-0.3, -0.25) is 14.7 Å². The summed E-state index contributed by atoms with van der Waals surface area (Å²) in [5, 5.41) is 8.37. The van der Waals surface area contributed by atoms with E-state index < -0.39 is 11.9 Å². The molecule has 0 spiro atoms.